The molecule has 0 saturated heterocycles. The second kappa shape index (κ2) is 3.86. The maximum Gasteiger partial charge on any atom is 0.308 e. The van der Waals surface area contributed by atoms with Crippen molar-refractivity contribution in [2.45, 2.75) is 13.3 Å². The topological polar surface area (TPSA) is 63.3 Å². The normalized spacial score (nSPS) is 10.5. The maximum atomic E-state index is 10.7. The molecule has 0 atom stereocenters. The van der Waals surface area contributed by atoms with Crippen LogP contribution >= 0.6 is 11.3 Å². The summed E-state index contributed by atoms with van der Waals surface area (Å²) in [6.07, 6.45) is -0.0550. The van der Waals surface area contributed by atoms with Gasteiger partial charge in [0.25, 0.3) is 0 Å². The molecule has 0 fully saturated rings. The van der Waals surface area contributed by atoms with E-state index in [1.807, 2.05) is 16.8 Å². The van der Waals surface area contributed by atoms with Gasteiger partial charge in [-0.25, -0.2) is 0 Å². The Morgan fingerprint density at radius 3 is 3.07 bits per heavy atom. The fourth-order valence-electron chi connectivity index (χ4n) is 1.37. The van der Waals surface area contributed by atoms with Crippen molar-refractivity contribution in [1.82, 2.24) is 5.16 Å². The molecule has 2 aromatic rings. The third-order valence-corrected chi connectivity index (χ3v) is 2.78. The summed E-state index contributed by atoms with van der Waals surface area (Å²) in [7, 11) is 0. The molecule has 0 aromatic carbocycles. The van der Waals surface area contributed by atoms with Crippen LogP contribution in [-0.2, 0) is 11.2 Å². The monoisotopic (exact) mass is 223 g/mol. The van der Waals surface area contributed by atoms with Gasteiger partial charge in [-0.2, -0.15) is 11.3 Å². The van der Waals surface area contributed by atoms with Gasteiger partial charge < -0.3 is 9.63 Å². The number of carbonyl (C=O) groups is 1. The predicted molar refractivity (Wildman–Crippen MR) is 55.9 cm³/mol. The number of rotatable bonds is 3. The predicted octanol–water partition coefficient (Wildman–Crippen LogP) is 2.34. The number of carboxylic acid groups (broad SMARTS) is 1. The summed E-state index contributed by atoms with van der Waals surface area (Å²) in [6, 6.07) is 1.88. The fourth-order valence-corrected chi connectivity index (χ4v) is 2.00. The van der Waals surface area contributed by atoms with Gasteiger partial charge in [0.05, 0.1) is 12.1 Å². The van der Waals surface area contributed by atoms with E-state index in [0.29, 0.717) is 17.0 Å². The quantitative estimate of drug-likeness (QED) is 0.867. The molecule has 0 saturated carbocycles. The van der Waals surface area contributed by atoms with Crippen molar-refractivity contribution in [2.75, 3.05) is 0 Å². The van der Waals surface area contributed by atoms with Gasteiger partial charge in [0.1, 0.15) is 0 Å². The minimum Gasteiger partial charge on any atom is -0.481 e. The molecule has 2 heterocycles. The van der Waals surface area contributed by atoms with Crippen LogP contribution in [0.1, 0.15) is 11.3 Å². The first kappa shape index (κ1) is 9.92. The molecule has 0 bridgehead atoms. The molecule has 15 heavy (non-hydrogen) atoms. The molecule has 2 aromatic heterocycles. The average Bonchev–Trinajstić information content (AvgIpc) is 2.76. The number of thiophene rings is 1. The summed E-state index contributed by atoms with van der Waals surface area (Å²) in [4.78, 5) is 10.7. The van der Waals surface area contributed by atoms with Gasteiger partial charge in [0.2, 0.25) is 0 Å². The smallest absolute Gasteiger partial charge is 0.308 e. The van der Waals surface area contributed by atoms with Crippen molar-refractivity contribution in [2.24, 2.45) is 0 Å². The summed E-state index contributed by atoms with van der Waals surface area (Å²) < 4.78 is 5.13. The molecule has 0 unspecified atom stereocenters. The van der Waals surface area contributed by atoms with Crippen molar-refractivity contribution in [3.05, 3.63) is 28.1 Å². The van der Waals surface area contributed by atoms with E-state index >= 15 is 0 Å². The summed E-state index contributed by atoms with van der Waals surface area (Å²) >= 11 is 1.54. The number of hydrogen-bond donors (Lipinski definition) is 1. The molecule has 0 radical (unpaired) electrons. The zero-order chi connectivity index (χ0) is 10.8. The van der Waals surface area contributed by atoms with E-state index in [4.69, 9.17) is 9.63 Å². The number of nitrogens with zero attached hydrogens (tertiary/aromatic N) is 1. The van der Waals surface area contributed by atoms with E-state index in [2.05, 4.69) is 5.16 Å². The minimum atomic E-state index is -0.877. The standard InChI is InChI=1S/C10H9NO3S/c1-6-8(4-9(12)13)10(14-11-6)7-2-3-15-5-7/h2-3,5H,4H2,1H3,(H,12,13). The van der Waals surface area contributed by atoms with Crippen LogP contribution < -0.4 is 0 Å². The third kappa shape index (κ3) is 1.92. The Labute approximate surface area is 90.1 Å². The Hall–Kier alpha value is -1.62. The summed E-state index contributed by atoms with van der Waals surface area (Å²) in [5, 5.41) is 16.4. The molecule has 0 aliphatic rings. The lowest BCUT2D eigenvalue weighted by molar-refractivity contribution is -0.136. The Morgan fingerprint density at radius 2 is 2.47 bits per heavy atom. The lowest BCUT2D eigenvalue weighted by Crippen LogP contribution is -2.01. The van der Waals surface area contributed by atoms with Crippen molar-refractivity contribution in [3.8, 4) is 11.3 Å². The number of hydrogen-bond acceptors (Lipinski definition) is 4. The van der Waals surface area contributed by atoms with Crippen LogP contribution in [0.2, 0.25) is 0 Å². The Bertz CT molecular complexity index is 473. The van der Waals surface area contributed by atoms with Crippen molar-refractivity contribution >= 4 is 17.3 Å². The highest BCUT2D eigenvalue weighted by Gasteiger charge is 2.17. The lowest BCUT2D eigenvalue weighted by Gasteiger charge is -1.96. The van der Waals surface area contributed by atoms with Gasteiger partial charge in [-0.15, -0.1) is 0 Å². The summed E-state index contributed by atoms with van der Waals surface area (Å²) in [5.74, 6) is -0.311. The van der Waals surface area contributed by atoms with Crippen LogP contribution in [0.4, 0.5) is 0 Å². The number of aliphatic carboxylic acids is 1. The summed E-state index contributed by atoms with van der Waals surface area (Å²) in [6.45, 7) is 1.75. The van der Waals surface area contributed by atoms with Gasteiger partial charge in [0.15, 0.2) is 5.76 Å². The van der Waals surface area contributed by atoms with E-state index in [0.717, 1.165) is 5.56 Å². The second-order valence-corrected chi connectivity index (χ2v) is 3.94. The van der Waals surface area contributed by atoms with Crippen LogP contribution in [0.15, 0.2) is 21.3 Å². The molecule has 78 valence electrons. The molecule has 0 aliphatic carbocycles. The third-order valence-electron chi connectivity index (χ3n) is 2.10. The Kier molecular flexibility index (Phi) is 2.55. The van der Waals surface area contributed by atoms with Crippen LogP contribution in [0.5, 0.6) is 0 Å². The van der Waals surface area contributed by atoms with E-state index in [9.17, 15) is 4.79 Å². The number of aromatic nitrogens is 1. The van der Waals surface area contributed by atoms with Crippen LogP contribution in [0.3, 0.4) is 0 Å². The Morgan fingerprint density at radius 1 is 1.67 bits per heavy atom. The highest BCUT2D eigenvalue weighted by Crippen LogP contribution is 2.28. The highest BCUT2D eigenvalue weighted by molar-refractivity contribution is 7.08. The number of carboxylic acids is 1. The SMILES string of the molecule is Cc1noc(-c2ccsc2)c1CC(=O)O. The molecule has 1 N–H and O–H groups in total. The summed E-state index contributed by atoms with van der Waals surface area (Å²) in [5.41, 5.74) is 2.18. The molecule has 4 nitrogen and oxygen atoms in total. The highest BCUT2D eigenvalue weighted by atomic mass is 32.1. The zero-order valence-electron chi connectivity index (χ0n) is 8.06. The fraction of sp³-hybridized carbons (Fsp3) is 0.200. The largest absolute Gasteiger partial charge is 0.481 e. The van der Waals surface area contributed by atoms with Crippen molar-refractivity contribution in [3.63, 3.8) is 0 Å². The van der Waals surface area contributed by atoms with E-state index in [1.165, 1.54) is 11.3 Å². The number of aryl methyl sites for hydroxylation is 1. The van der Waals surface area contributed by atoms with E-state index < -0.39 is 5.97 Å². The van der Waals surface area contributed by atoms with Crippen LogP contribution in [0, 0.1) is 6.92 Å². The first-order valence-electron chi connectivity index (χ1n) is 4.38. The Balaban J connectivity index is 2.44. The second-order valence-electron chi connectivity index (χ2n) is 3.16. The zero-order valence-corrected chi connectivity index (χ0v) is 8.87. The first-order chi connectivity index (χ1) is 7.18. The maximum absolute atomic E-state index is 10.7. The molecular formula is C10H9NO3S. The average molecular weight is 223 g/mol. The van der Waals surface area contributed by atoms with E-state index in [1.54, 1.807) is 6.92 Å². The van der Waals surface area contributed by atoms with Gasteiger partial charge in [0, 0.05) is 16.5 Å². The molecule has 5 heteroatoms. The minimum absolute atomic E-state index is 0.0550. The van der Waals surface area contributed by atoms with Gasteiger partial charge in [-0.05, 0) is 18.4 Å². The molecule has 0 amide bonds. The molecule has 2 rings (SSSR count). The van der Waals surface area contributed by atoms with Crippen molar-refractivity contribution < 1.29 is 14.4 Å². The van der Waals surface area contributed by atoms with Gasteiger partial charge >= 0.3 is 5.97 Å². The first-order valence-corrected chi connectivity index (χ1v) is 5.32. The van der Waals surface area contributed by atoms with Crippen LogP contribution in [-0.4, -0.2) is 16.2 Å². The van der Waals surface area contributed by atoms with Gasteiger partial charge in [-0.1, -0.05) is 5.16 Å². The van der Waals surface area contributed by atoms with Crippen LogP contribution in [0.25, 0.3) is 11.3 Å². The van der Waals surface area contributed by atoms with Gasteiger partial charge in [-0.3, -0.25) is 4.79 Å². The molecule has 0 aliphatic heterocycles. The molecular weight excluding hydrogens is 214 g/mol. The lowest BCUT2D eigenvalue weighted by atomic mass is 10.1. The van der Waals surface area contributed by atoms with Crippen molar-refractivity contribution in [1.29, 1.82) is 0 Å². The van der Waals surface area contributed by atoms with E-state index in [-0.39, 0.29) is 6.42 Å². The molecule has 0 spiro atoms.